The number of aliphatic hydroxyl groups is 1. The smallest absolute Gasteiger partial charge is 0.191 e. The van der Waals surface area contributed by atoms with Crippen LogP contribution in [0.4, 0.5) is 0 Å². The van der Waals surface area contributed by atoms with Gasteiger partial charge in [0.15, 0.2) is 11.8 Å². The number of hydrogen-bond acceptors (Lipinski definition) is 7. The van der Waals surface area contributed by atoms with Crippen molar-refractivity contribution in [2.45, 2.75) is 51.8 Å². The highest BCUT2D eigenvalue weighted by Gasteiger charge is 2.26. The van der Waals surface area contributed by atoms with Gasteiger partial charge in [-0.2, -0.15) is 0 Å². The Labute approximate surface area is 186 Å². The van der Waals surface area contributed by atoms with Crippen molar-refractivity contribution in [3.8, 4) is 0 Å². The van der Waals surface area contributed by atoms with Gasteiger partial charge in [0, 0.05) is 45.8 Å². The van der Waals surface area contributed by atoms with Crippen molar-refractivity contribution in [3.63, 3.8) is 0 Å². The predicted molar refractivity (Wildman–Crippen MR) is 121 cm³/mol. The van der Waals surface area contributed by atoms with E-state index in [-0.39, 0.29) is 0 Å². The molecule has 0 aromatic carbocycles. The van der Waals surface area contributed by atoms with Gasteiger partial charge in [-0.05, 0) is 39.8 Å². The zero-order valence-corrected chi connectivity index (χ0v) is 19.6. The van der Waals surface area contributed by atoms with Crippen LogP contribution in [0.3, 0.4) is 0 Å². The first-order valence-electron chi connectivity index (χ1n) is 11.5. The molecule has 0 aliphatic carbocycles. The summed E-state index contributed by atoms with van der Waals surface area (Å²) in [5, 5.41) is 26.1. The van der Waals surface area contributed by atoms with Gasteiger partial charge >= 0.3 is 0 Å². The van der Waals surface area contributed by atoms with Gasteiger partial charge in [-0.15, -0.1) is 10.2 Å². The molecular weight excluding hydrogens is 396 g/mol. The summed E-state index contributed by atoms with van der Waals surface area (Å²) in [6.45, 7) is 13.7. The maximum atomic E-state index is 10.9. The summed E-state index contributed by atoms with van der Waals surface area (Å²) in [6.07, 6.45) is 2.44. The van der Waals surface area contributed by atoms with Crippen LogP contribution in [0.1, 0.15) is 38.3 Å². The maximum absolute atomic E-state index is 10.9. The van der Waals surface area contributed by atoms with Crippen LogP contribution in [-0.2, 0) is 18.3 Å². The zero-order chi connectivity index (χ0) is 22.3. The molecule has 3 rings (SSSR count). The number of aryl methyl sites for hydroxylation is 1. The Morgan fingerprint density at radius 1 is 1.26 bits per heavy atom. The number of morpholine rings is 1. The number of nitrogens with zero attached hydrogens (tertiary/aromatic N) is 6. The Bertz CT molecular complexity index is 714. The van der Waals surface area contributed by atoms with Gasteiger partial charge in [-0.3, -0.25) is 9.80 Å². The molecule has 3 N–H and O–H groups in total. The summed E-state index contributed by atoms with van der Waals surface area (Å²) < 4.78 is 7.36. The maximum Gasteiger partial charge on any atom is 0.191 e. The van der Waals surface area contributed by atoms with Crippen LogP contribution < -0.4 is 10.6 Å². The van der Waals surface area contributed by atoms with Crippen LogP contribution in [0, 0.1) is 6.92 Å². The highest BCUT2D eigenvalue weighted by molar-refractivity contribution is 5.79. The summed E-state index contributed by atoms with van der Waals surface area (Å²) in [6, 6.07) is 0.517. The fraction of sp³-hybridized carbons (Fsp3) is 0.857. The van der Waals surface area contributed by atoms with Gasteiger partial charge in [0.2, 0.25) is 0 Å². The SMILES string of the molecule is CCN1CCCC1CNC(=NCc1nnc(C)n1C)NCC(C)(O)CN1CCOCC1. The van der Waals surface area contributed by atoms with Gasteiger partial charge in [0.25, 0.3) is 0 Å². The lowest BCUT2D eigenvalue weighted by Crippen LogP contribution is -2.53. The predicted octanol–water partition coefficient (Wildman–Crippen LogP) is -0.274. The minimum absolute atomic E-state index is 0.413. The fourth-order valence-corrected chi connectivity index (χ4v) is 4.24. The Balaban J connectivity index is 1.59. The third kappa shape index (κ3) is 7.13. The largest absolute Gasteiger partial charge is 0.387 e. The normalized spacial score (nSPS) is 23.1. The second-order valence-electron chi connectivity index (χ2n) is 8.93. The van der Waals surface area contributed by atoms with Crippen molar-refractivity contribution in [3.05, 3.63) is 11.6 Å². The number of aliphatic imine (C=N–C) groups is 1. The molecule has 10 nitrogen and oxygen atoms in total. The molecule has 3 heterocycles. The Morgan fingerprint density at radius 3 is 2.71 bits per heavy atom. The molecule has 10 heteroatoms. The van der Waals surface area contributed by atoms with E-state index >= 15 is 0 Å². The molecular formula is C21H40N8O2. The second-order valence-corrected chi connectivity index (χ2v) is 8.93. The highest BCUT2D eigenvalue weighted by atomic mass is 16.5. The number of likely N-dealkylation sites (tertiary alicyclic amines) is 1. The van der Waals surface area contributed by atoms with E-state index in [1.807, 2.05) is 25.5 Å². The number of likely N-dealkylation sites (N-methyl/N-ethyl adjacent to an activating group) is 1. The summed E-state index contributed by atoms with van der Waals surface area (Å²) in [5.41, 5.74) is -0.871. The summed E-state index contributed by atoms with van der Waals surface area (Å²) in [7, 11) is 1.95. The minimum atomic E-state index is -0.871. The van der Waals surface area contributed by atoms with E-state index in [2.05, 4.69) is 37.6 Å². The standard InChI is InChI=1S/C21H40N8O2/c1-5-29-8-6-7-18(29)13-22-20(23-14-19-26-25-17(2)27(19)4)24-15-21(3,30)16-28-9-11-31-12-10-28/h18,30H,5-16H2,1-4H3,(H2,22,23,24). The second kappa shape index (κ2) is 11.2. The van der Waals surface area contributed by atoms with Crippen LogP contribution in [0.15, 0.2) is 4.99 Å². The summed E-state index contributed by atoms with van der Waals surface area (Å²) >= 11 is 0. The van der Waals surface area contributed by atoms with Crippen LogP contribution in [0.5, 0.6) is 0 Å². The molecule has 2 fully saturated rings. The van der Waals surface area contributed by atoms with Crippen molar-refractivity contribution in [1.82, 2.24) is 35.2 Å². The van der Waals surface area contributed by atoms with Crippen molar-refractivity contribution in [2.75, 3.05) is 59.0 Å². The van der Waals surface area contributed by atoms with Gasteiger partial charge in [-0.25, -0.2) is 4.99 Å². The average Bonchev–Trinajstić information content (AvgIpc) is 3.34. The van der Waals surface area contributed by atoms with E-state index in [1.54, 1.807) is 0 Å². The number of hydrogen-bond donors (Lipinski definition) is 3. The van der Waals surface area contributed by atoms with Gasteiger partial charge < -0.3 is 25.0 Å². The Kier molecular flexibility index (Phi) is 8.65. The molecule has 0 amide bonds. The fourth-order valence-electron chi connectivity index (χ4n) is 4.24. The van der Waals surface area contributed by atoms with E-state index in [1.165, 1.54) is 12.8 Å². The average molecular weight is 437 g/mol. The third-order valence-corrected chi connectivity index (χ3v) is 6.28. The molecule has 31 heavy (non-hydrogen) atoms. The molecule has 0 bridgehead atoms. The quantitative estimate of drug-likeness (QED) is 0.359. The summed E-state index contributed by atoms with van der Waals surface area (Å²) in [4.78, 5) is 9.49. The minimum Gasteiger partial charge on any atom is -0.387 e. The molecule has 176 valence electrons. The van der Waals surface area contributed by atoms with E-state index in [9.17, 15) is 5.11 Å². The highest BCUT2D eigenvalue weighted by Crippen LogP contribution is 2.15. The molecule has 2 aliphatic rings. The molecule has 2 aliphatic heterocycles. The first kappa shape index (κ1) is 23.9. The Morgan fingerprint density at radius 2 is 2.03 bits per heavy atom. The Hall–Kier alpha value is -1.75. The first-order chi connectivity index (χ1) is 14.9. The van der Waals surface area contributed by atoms with Crippen molar-refractivity contribution in [2.24, 2.45) is 12.0 Å². The summed E-state index contributed by atoms with van der Waals surface area (Å²) in [5.74, 6) is 2.38. The molecule has 0 radical (unpaired) electrons. The van der Waals surface area contributed by atoms with Gasteiger partial charge in [-0.1, -0.05) is 6.92 Å². The lowest BCUT2D eigenvalue weighted by atomic mass is 10.1. The van der Waals surface area contributed by atoms with E-state index in [0.717, 1.165) is 57.6 Å². The molecule has 2 atom stereocenters. The third-order valence-electron chi connectivity index (χ3n) is 6.28. The molecule has 1 aromatic rings. The van der Waals surface area contributed by atoms with E-state index in [4.69, 9.17) is 9.73 Å². The number of aromatic nitrogens is 3. The first-order valence-corrected chi connectivity index (χ1v) is 11.5. The zero-order valence-electron chi connectivity index (χ0n) is 19.6. The molecule has 0 saturated carbocycles. The van der Waals surface area contributed by atoms with Crippen LogP contribution in [0.2, 0.25) is 0 Å². The van der Waals surface area contributed by atoms with Crippen LogP contribution in [0.25, 0.3) is 0 Å². The number of ether oxygens (including phenoxy) is 1. The van der Waals surface area contributed by atoms with Gasteiger partial charge in [0.05, 0.1) is 18.8 Å². The number of nitrogens with one attached hydrogen (secondary N) is 2. The topological polar surface area (TPSA) is 103 Å². The van der Waals surface area contributed by atoms with Gasteiger partial charge in [0.1, 0.15) is 12.4 Å². The molecule has 2 saturated heterocycles. The lowest BCUT2D eigenvalue weighted by Gasteiger charge is -2.34. The van der Waals surface area contributed by atoms with Crippen molar-refractivity contribution in [1.29, 1.82) is 0 Å². The number of guanidine groups is 1. The van der Waals surface area contributed by atoms with Crippen molar-refractivity contribution >= 4 is 5.96 Å². The molecule has 2 unspecified atom stereocenters. The number of β-amino-alcohol motifs (C(OH)–C–C–N with tert-alkyl or cyclic N) is 1. The van der Waals surface area contributed by atoms with E-state index < -0.39 is 5.60 Å². The van der Waals surface area contributed by atoms with Crippen molar-refractivity contribution < 1.29 is 9.84 Å². The van der Waals surface area contributed by atoms with E-state index in [0.29, 0.717) is 31.6 Å². The lowest BCUT2D eigenvalue weighted by molar-refractivity contribution is -0.0201. The monoisotopic (exact) mass is 436 g/mol. The molecule has 0 spiro atoms. The molecule has 1 aromatic heterocycles. The number of rotatable bonds is 9. The van der Waals surface area contributed by atoms with Crippen LogP contribution >= 0.6 is 0 Å². The van der Waals surface area contributed by atoms with Crippen LogP contribution in [-0.4, -0.2) is 106 Å².